The molecule has 2 N–H and O–H groups in total. The molecule has 0 amide bonds. The number of nitrogen functional groups attached to an aromatic ring is 1. The smallest absolute Gasteiger partial charge is 0.159 e. The summed E-state index contributed by atoms with van der Waals surface area (Å²) < 4.78 is 2.86. The van der Waals surface area contributed by atoms with Gasteiger partial charge in [-0.2, -0.15) is 5.10 Å². The van der Waals surface area contributed by atoms with Crippen molar-refractivity contribution in [1.29, 1.82) is 0 Å². The molecule has 0 aliphatic heterocycles. The summed E-state index contributed by atoms with van der Waals surface area (Å²) >= 11 is 3.37. The van der Waals surface area contributed by atoms with E-state index < -0.39 is 0 Å². The Morgan fingerprint density at radius 2 is 2.13 bits per heavy atom. The molecule has 3 nitrogen and oxygen atoms in total. The van der Waals surface area contributed by atoms with E-state index >= 15 is 0 Å². The highest BCUT2D eigenvalue weighted by molar-refractivity contribution is 9.10. The first-order valence-electron chi connectivity index (χ1n) is 5.74. The molecule has 1 aromatic heterocycles. The van der Waals surface area contributed by atoms with E-state index in [-0.39, 0.29) is 0 Å². The van der Waals surface area contributed by atoms with Crippen molar-refractivity contribution < 1.29 is 0 Å². The number of halogens is 1. The predicted molar refractivity (Wildman–Crippen MR) is 65.5 cm³/mol. The van der Waals surface area contributed by atoms with E-state index in [0.717, 1.165) is 16.9 Å². The third-order valence-electron chi connectivity index (χ3n) is 3.23. The highest BCUT2D eigenvalue weighted by Gasteiger charge is 2.13. The van der Waals surface area contributed by atoms with Crippen molar-refractivity contribution in [2.45, 2.75) is 45.1 Å². The lowest BCUT2D eigenvalue weighted by Crippen LogP contribution is -2.10. The number of aromatic nitrogens is 2. The van der Waals surface area contributed by atoms with Crippen LogP contribution in [-0.4, -0.2) is 9.78 Å². The van der Waals surface area contributed by atoms with E-state index in [1.54, 1.807) is 0 Å². The molecule has 1 fully saturated rings. The molecule has 0 bridgehead atoms. The summed E-state index contributed by atoms with van der Waals surface area (Å²) in [7, 11) is 0. The first-order valence-corrected chi connectivity index (χ1v) is 6.53. The second-order valence-electron chi connectivity index (χ2n) is 4.42. The Morgan fingerprint density at radius 1 is 1.40 bits per heavy atom. The van der Waals surface area contributed by atoms with Gasteiger partial charge in [0, 0.05) is 12.7 Å². The van der Waals surface area contributed by atoms with E-state index in [1.807, 2.05) is 10.9 Å². The summed E-state index contributed by atoms with van der Waals surface area (Å²) in [4.78, 5) is 0. The van der Waals surface area contributed by atoms with E-state index in [0.29, 0.717) is 5.82 Å². The van der Waals surface area contributed by atoms with Crippen molar-refractivity contribution in [3.63, 3.8) is 0 Å². The number of rotatable bonds is 3. The summed E-state index contributed by atoms with van der Waals surface area (Å²) in [5.41, 5.74) is 5.67. The molecule has 1 aromatic rings. The standard InChI is InChI=1S/C11H18BrN3/c12-10-8-15(14-11(10)13)7-6-9-4-2-1-3-5-9/h8-9H,1-7H2,(H2,13,14). The first kappa shape index (κ1) is 11.0. The number of hydrogen-bond acceptors (Lipinski definition) is 2. The van der Waals surface area contributed by atoms with Crippen molar-refractivity contribution in [2.24, 2.45) is 5.92 Å². The number of nitrogens with zero attached hydrogens (tertiary/aromatic N) is 2. The SMILES string of the molecule is Nc1nn(CCC2CCCCC2)cc1Br. The molecule has 0 spiro atoms. The summed E-state index contributed by atoms with van der Waals surface area (Å²) in [6.07, 6.45) is 10.3. The molecule has 84 valence electrons. The molecule has 0 unspecified atom stereocenters. The average molecular weight is 272 g/mol. The topological polar surface area (TPSA) is 43.8 Å². The van der Waals surface area contributed by atoms with Crippen LogP contribution < -0.4 is 5.73 Å². The number of aryl methyl sites for hydroxylation is 1. The monoisotopic (exact) mass is 271 g/mol. The lowest BCUT2D eigenvalue weighted by Gasteiger charge is -2.21. The van der Waals surface area contributed by atoms with Gasteiger partial charge in [-0.15, -0.1) is 0 Å². The van der Waals surface area contributed by atoms with Crippen LogP contribution in [0.1, 0.15) is 38.5 Å². The molecule has 1 aliphatic carbocycles. The van der Waals surface area contributed by atoms with Crippen LogP contribution in [0.5, 0.6) is 0 Å². The predicted octanol–water partition coefficient (Wildman–Crippen LogP) is 3.20. The zero-order valence-electron chi connectivity index (χ0n) is 8.95. The Bertz CT molecular complexity index is 296. The van der Waals surface area contributed by atoms with Gasteiger partial charge < -0.3 is 5.73 Å². The van der Waals surface area contributed by atoms with Crippen LogP contribution in [0.2, 0.25) is 0 Å². The van der Waals surface area contributed by atoms with Gasteiger partial charge in [-0.3, -0.25) is 4.68 Å². The molecule has 1 heterocycles. The normalized spacial score (nSPS) is 18.2. The van der Waals surface area contributed by atoms with Crippen LogP contribution in [0.25, 0.3) is 0 Å². The Morgan fingerprint density at radius 3 is 2.73 bits per heavy atom. The van der Waals surface area contributed by atoms with Crippen LogP contribution in [0.3, 0.4) is 0 Å². The van der Waals surface area contributed by atoms with Crippen molar-refractivity contribution in [1.82, 2.24) is 9.78 Å². The number of anilines is 1. The van der Waals surface area contributed by atoms with Crippen LogP contribution in [0, 0.1) is 5.92 Å². The van der Waals surface area contributed by atoms with Gasteiger partial charge in [-0.1, -0.05) is 32.1 Å². The van der Waals surface area contributed by atoms with Crippen molar-refractivity contribution >= 4 is 21.7 Å². The molecule has 1 saturated carbocycles. The van der Waals surface area contributed by atoms with Gasteiger partial charge in [0.2, 0.25) is 0 Å². The number of hydrogen-bond donors (Lipinski definition) is 1. The molecule has 0 saturated heterocycles. The van der Waals surface area contributed by atoms with E-state index in [1.165, 1.54) is 38.5 Å². The molecule has 0 atom stereocenters. The van der Waals surface area contributed by atoms with Gasteiger partial charge in [-0.25, -0.2) is 0 Å². The Labute approximate surface area is 99.2 Å². The van der Waals surface area contributed by atoms with Gasteiger partial charge in [0.1, 0.15) is 0 Å². The minimum atomic E-state index is 0.596. The fourth-order valence-corrected chi connectivity index (χ4v) is 2.63. The lowest BCUT2D eigenvalue weighted by molar-refractivity contribution is 0.319. The van der Waals surface area contributed by atoms with Crippen LogP contribution in [0.15, 0.2) is 10.7 Å². The molecule has 1 aliphatic rings. The Kier molecular flexibility index (Phi) is 3.67. The van der Waals surface area contributed by atoms with Crippen molar-refractivity contribution in [3.8, 4) is 0 Å². The van der Waals surface area contributed by atoms with Crippen LogP contribution in [-0.2, 0) is 6.54 Å². The fourth-order valence-electron chi connectivity index (χ4n) is 2.32. The fraction of sp³-hybridized carbons (Fsp3) is 0.727. The van der Waals surface area contributed by atoms with E-state index in [2.05, 4.69) is 21.0 Å². The molecule has 4 heteroatoms. The summed E-state index contributed by atoms with van der Waals surface area (Å²) in [6.45, 7) is 1.00. The third kappa shape index (κ3) is 2.97. The Hall–Kier alpha value is -0.510. The van der Waals surface area contributed by atoms with Gasteiger partial charge in [0.25, 0.3) is 0 Å². The van der Waals surface area contributed by atoms with Crippen LogP contribution >= 0.6 is 15.9 Å². The minimum Gasteiger partial charge on any atom is -0.381 e. The van der Waals surface area contributed by atoms with Crippen molar-refractivity contribution in [2.75, 3.05) is 5.73 Å². The maximum atomic E-state index is 5.67. The average Bonchev–Trinajstić information content (AvgIpc) is 2.57. The maximum Gasteiger partial charge on any atom is 0.159 e. The largest absolute Gasteiger partial charge is 0.381 e. The van der Waals surface area contributed by atoms with Gasteiger partial charge in [0.05, 0.1) is 4.47 Å². The third-order valence-corrected chi connectivity index (χ3v) is 3.85. The zero-order valence-corrected chi connectivity index (χ0v) is 10.5. The maximum absolute atomic E-state index is 5.67. The molecular weight excluding hydrogens is 254 g/mol. The first-order chi connectivity index (χ1) is 7.25. The van der Waals surface area contributed by atoms with Crippen LogP contribution in [0.4, 0.5) is 5.82 Å². The lowest BCUT2D eigenvalue weighted by atomic mass is 9.87. The van der Waals surface area contributed by atoms with E-state index in [4.69, 9.17) is 5.73 Å². The summed E-state index contributed by atoms with van der Waals surface area (Å²) in [5, 5.41) is 4.24. The number of nitrogens with two attached hydrogens (primary N) is 1. The molecule has 2 rings (SSSR count). The summed E-state index contributed by atoms with van der Waals surface area (Å²) in [6, 6.07) is 0. The highest BCUT2D eigenvalue weighted by Crippen LogP contribution is 2.27. The minimum absolute atomic E-state index is 0.596. The zero-order chi connectivity index (χ0) is 10.7. The molecule has 15 heavy (non-hydrogen) atoms. The molecular formula is C11H18BrN3. The second-order valence-corrected chi connectivity index (χ2v) is 5.27. The summed E-state index contributed by atoms with van der Waals surface area (Å²) in [5.74, 6) is 1.50. The highest BCUT2D eigenvalue weighted by atomic mass is 79.9. The quantitative estimate of drug-likeness (QED) is 0.918. The molecule has 0 aromatic carbocycles. The second kappa shape index (κ2) is 5.01. The van der Waals surface area contributed by atoms with Gasteiger partial charge in [0.15, 0.2) is 5.82 Å². The molecule has 0 radical (unpaired) electrons. The van der Waals surface area contributed by atoms with Gasteiger partial charge >= 0.3 is 0 Å². The van der Waals surface area contributed by atoms with E-state index in [9.17, 15) is 0 Å². The van der Waals surface area contributed by atoms with Crippen molar-refractivity contribution in [3.05, 3.63) is 10.7 Å². The Balaban J connectivity index is 1.81. The van der Waals surface area contributed by atoms with Gasteiger partial charge in [-0.05, 0) is 28.3 Å².